The Bertz CT molecular complexity index is 1340. The van der Waals surface area contributed by atoms with E-state index in [1.54, 1.807) is 18.5 Å². The van der Waals surface area contributed by atoms with Gasteiger partial charge in [-0.25, -0.2) is 9.67 Å². The van der Waals surface area contributed by atoms with E-state index in [4.69, 9.17) is 4.74 Å². The second-order valence-electron chi connectivity index (χ2n) is 10.3. The topological polar surface area (TPSA) is 116 Å². The third-order valence-electron chi connectivity index (χ3n) is 7.84. The molecule has 35 heavy (non-hydrogen) atoms. The quantitative estimate of drug-likeness (QED) is 0.586. The Morgan fingerprint density at radius 1 is 1.26 bits per heavy atom. The van der Waals surface area contributed by atoms with Crippen LogP contribution in [0.1, 0.15) is 49.8 Å². The van der Waals surface area contributed by atoms with E-state index in [2.05, 4.69) is 26.4 Å². The number of anilines is 1. The Balaban J connectivity index is 1.05. The molecule has 9 nitrogen and oxygen atoms in total. The van der Waals surface area contributed by atoms with Gasteiger partial charge >= 0.3 is 0 Å². The summed E-state index contributed by atoms with van der Waals surface area (Å²) in [7, 11) is 0. The van der Waals surface area contributed by atoms with Crippen LogP contribution in [0.4, 0.5) is 5.69 Å². The number of nitriles is 1. The van der Waals surface area contributed by atoms with Crippen molar-refractivity contribution in [3.8, 4) is 11.8 Å². The highest BCUT2D eigenvalue weighted by Crippen LogP contribution is 2.45. The first-order valence-electron chi connectivity index (χ1n) is 12.1. The highest BCUT2D eigenvalue weighted by Gasteiger charge is 2.48. The summed E-state index contributed by atoms with van der Waals surface area (Å²) in [5.41, 5.74) is 2.05. The standard InChI is InChI=1S/C26H28N6O3/c1-25(34)12-19(13-25)32-23-18(15-29-32)11-20(16-28-23)35-9-8-31-6-4-26(5-7-31)21-10-17(14-27)2-3-22(21)30-24(26)33/h2-3,10-11,15-16,19,34H,4-9,12-13H2,1H3,(H,30,33)/t19-,25+. The van der Waals surface area contributed by atoms with Crippen LogP contribution in [0.3, 0.4) is 0 Å². The molecule has 2 aliphatic heterocycles. The molecule has 0 atom stereocenters. The third kappa shape index (κ3) is 3.74. The average molecular weight is 473 g/mol. The number of likely N-dealkylation sites (tertiary alicyclic amines) is 1. The van der Waals surface area contributed by atoms with E-state index in [1.807, 2.05) is 29.8 Å². The number of hydrogen-bond donors (Lipinski definition) is 2. The van der Waals surface area contributed by atoms with Gasteiger partial charge in [-0.05, 0) is 75.5 Å². The molecule has 1 amide bonds. The molecule has 9 heteroatoms. The second-order valence-corrected chi connectivity index (χ2v) is 10.3. The Labute approximate surface area is 203 Å². The minimum Gasteiger partial charge on any atom is -0.491 e. The molecule has 1 saturated heterocycles. The van der Waals surface area contributed by atoms with E-state index >= 15 is 0 Å². The van der Waals surface area contributed by atoms with Gasteiger partial charge in [0.25, 0.3) is 0 Å². The first kappa shape index (κ1) is 22.0. The van der Waals surface area contributed by atoms with E-state index in [0.29, 0.717) is 30.8 Å². The van der Waals surface area contributed by atoms with Crippen LogP contribution in [0.5, 0.6) is 5.75 Å². The molecule has 6 rings (SSSR count). The fourth-order valence-electron chi connectivity index (χ4n) is 5.82. The van der Waals surface area contributed by atoms with Crippen LogP contribution in [0, 0.1) is 11.3 Å². The molecule has 0 radical (unpaired) electrons. The zero-order chi connectivity index (χ0) is 24.2. The molecule has 1 saturated carbocycles. The molecule has 1 spiro atoms. The van der Waals surface area contributed by atoms with Crippen LogP contribution < -0.4 is 10.1 Å². The summed E-state index contributed by atoms with van der Waals surface area (Å²) in [6.07, 6.45) is 6.35. The number of carbonyl (C=O) groups is 1. The number of aliphatic hydroxyl groups is 1. The second kappa shape index (κ2) is 8.04. The lowest BCUT2D eigenvalue weighted by Gasteiger charge is -2.40. The SMILES string of the molecule is C[C@]1(O)C[C@@H](n2ncc3cc(OCCN4CCC5(CC4)C(=O)Nc4ccc(C#N)cc45)cnc32)C1. The predicted molar refractivity (Wildman–Crippen MR) is 129 cm³/mol. The van der Waals surface area contributed by atoms with E-state index < -0.39 is 11.0 Å². The number of aromatic nitrogens is 3. The largest absolute Gasteiger partial charge is 0.491 e. The molecule has 0 unspecified atom stereocenters. The van der Waals surface area contributed by atoms with Crippen molar-refractivity contribution < 1.29 is 14.6 Å². The molecular formula is C26H28N6O3. The number of ether oxygens (including phenoxy) is 1. The molecule has 180 valence electrons. The van der Waals surface area contributed by atoms with Gasteiger partial charge in [0.05, 0.1) is 41.1 Å². The smallest absolute Gasteiger partial charge is 0.235 e. The number of carbonyl (C=O) groups excluding carboxylic acids is 1. The normalized spacial score (nSPS) is 25.2. The van der Waals surface area contributed by atoms with Gasteiger partial charge in [-0.1, -0.05) is 0 Å². The van der Waals surface area contributed by atoms with Crippen molar-refractivity contribution >= 4 is 22.6 Å². The number of pyridine rings is 1. The molecule has 2 aromatic heterocycles. The molecule has 2 N–H and O–H groups in total. The van der Waals surface area contributed by atoms with Crippen molar-refractivity contribution in [2.24, 2.45) is 0 Å². The summed E-state index contributed by atoms with van der Waals surface area (Å²) in [6, 6.07) is 9.78. The lowest BCUT2D eigenvalue weighted by atomic mass is 9.73. The maximum absolute atomic E-state index is 12.9. The Kier molecular flexibility index (Phi) is 5.06. The van der Waals surface area contributed by atoms with Crippen molar-refractivity contribution in [3.63, 3.8) is 0 Å². The van der Waals surface area contributed by atoms with Crippen LogP contribution in [0.25, 0.3) is 11.0 Å². The summed E-state index contributed by atoms with van der Waals surface area (Å²) in [6.45, 7) is 4.73. The summed E-state index contributed by atoms with van der Waals surface area (Å²) in [5, 5.41) is 27.7. The van der Waals surface area contributed by atoms with Crippen LogP contribution in [-0.2, 0) is 10.2 Å². The maximum atomic E-state index is 12.9. The Morgan fingerprint density at radius 2 is 2.06 bits per heavy atom. The van der Waals surface area contributed by atoms with Gasteiger partial charge in [0.1, 0.15) is 12.4 Å². The predicted octanol–water partition coefficient (Wildman–Crippen LogP) is 2.75. The molecule has 2 fully saturated rings. The minimum absolute atomic E-state index is 0.0453. The highest BCUT2D eigenvalue weighted by molar-refractivity contribution is 6.06. The lowest BCUT2D eigenvalue weighted by molar-refractivity contribution is -0.122. The van der Waals surface area contributed by atoms with Crippen molar-refractivity contribution in [1.29, 1.82) is 5.26 Å². The zero-order valence-electron chi connectivity index (χ0n) is 19.7. The molecule has 3 aliphatic rings. The molecule has 1 aromatic carbocycles. The number of benzene rings is 1. The molecule has 0 bridgehead atoms. The highest BCUT2D eigenvalue weighted by atomic mass is 16.5. The zero-order valence-corrected chi connectivity index (χ0v) is 19.7. The van der Waals surface area contributed by atoms with Crippen molar-refractivity contribution in [1.82, 2.24) is 19.7 Å². The molecule has 1 aliphatic carbocycles. The summed E-state index contributed by atoms with van der Waals surface area (Å²) in [4.78, 5) is 19.7. The first-order valence-corrected chi connectivity index (χ1v) is 12.1. The van der Waals surface area contributed by atoms with E-state index in [9.17, 15) is 15.2 Å². The number of piperidine rings is 1. The Hall–Kier alpha value is -3.48. The summed E-state index contributed by atoms with van der Waals surface area (Å²) >= 11 is 0. The number of hydrogen-bond acceptors (Lipinski definition) is 7. The summed E-state index contributed by atoms with van der Waals surface area (Å²) in [5.74, 6) is 0.753. The fourth-order valence-corrected chi connectivity index (χ4v) is 5.82. The van der Waals surface area contributed by atoms with Crippen molar-refractivity contribution in [3.05, 3.63) is 47.8 Å². The van der Waals surface area contributed by atoms with E-state index in [0.717, 1.165) is 54.8 Å². The molecular weight excluding hydrogens is 444 g/mol. The van der Waals surface area contributed by atoms with Gasteiger partial charge < -0.3 is 15.2 Å². The van der Waals surface area contributed by atoms with Crippen molar-refractivity contribution in [2.75, 3.05) is 31.6 Å². The monoisotopic (exact) mass is 472 g/mol. The third-order valence-corrected chi connectivity index (χ3v) is 7.84. The lowest BCUT2D eigenvalue weighted by Crippen LogP contribution is -2.47. The van der Waals surface area contributed by atoms with Crippen LogP contribution in [0.2, 0.25) is 0 Å². The maximum Gasteiger partial charge on any atom is 0.235 e. The van der Waals surface area contributed by atoms with Crippen molar-refractivity contribution in [2.45, 2.75) is 49.7 Å². The van der Waals surface area contributed by atoms with Gasteiger partial charge in [0.15, 0.2) is 5.65 Å². The number of fused-ring (bicyclic) bond motifs is 3. The number of amides is 1. The molecule has 4 heterocycles. The number of nitrogens with zero attached hydrogens (tertiary/aromatic N) is 5. The van der Waals surface area contributed by atoms with Gasteiger partial charge in [-0.3, -0.25) is 9.69 Å². The van der Waals surface area contributed by atoms with Gasteiger partial charge in [0, 0.05) is 17.6 Å². The van der Waals surface area contributed by atoms with Gasteiger partial charge in [-0.2, -0.15) is 10.4 Å². The summed E-state index contributed by atoms with van der Waals surface area (Å²) < 4.78 is 7.89. The van der Waals surface area contributed by atoms with E-state index in [1.165, 1.54) is 0 Å². The number of rotatable bonds is 5. The average Bonchev–Trinajstić information content (AvgIpc) is 3.37. The van der Waals surface area contributed by atoms with Gasteiger partial charge in [0.2, 0.25) is 5.91 Å². The Morgan fingerprint density at radius 3 is 2.80 bits per heavy atom. The van der Waals surface area contributed by atoms with E-state index in [-0.39, 0.29) is 11.9 Å². The van der Waals surface area contributed by atoms with Crippen LogP contribution in [-0.4, -0.2) is 62.5 Å². The molecule has 3 aromatic rings. The fraction of sp³-hybridized carbons (Fsp3) is 0.462. The minimum atomic E-state index is -0.607. The van der Waals surface area contributed by atoms with Crippen LogP contribution in [0.15, 0.2) is 36.7 Å². The van der Waals surface area contributed by atoms with Crippen LogP contribution >= 0.6 is 0 Å². The number of nitrogens with one attached hydrogen (secondary N) is 1. The van der Waals surface area contributed by atoms with Gasteiger partial charge in [-0.15, -0.1) is 0 Å². The first-order chi connectivity index (χ1) is 16.9.